The topological polar surface area (TPSA) is 32.3 Å². The molecule has 0 saturated carbocycles. The van der Waals surface area contributed by atoms with E-state index < -0.39 is 0 Å². The summed E-state index contributed by atoms with van der Waals surface area (Å²) in [6.45, 7) is 2.83. The van der Waals surface area contributed by atoms with Gasteiger partial charge in [0.1, 0.15) is 0 Å². The molecule has 0 atom stereocenters. The van der Waals surface area contributed by atoms with Crippen molar-refractivity contribution in [2.45, 2.75) is 19.3 Å². The summed E-state index contributed by atoms with van der Waals surface area (Å²) in [7, 11) is 0. The monoisotopic (exact) mass is 294 g/mol. The van der Waals surface area contributed by atoms with Crippen LogP contribution in [0.4, 0.5) is 0 Å². The van der Waals surface area contributed by atoms with Crippen LogP contribution in [-0.4, -0.2) is 30.6 Å². The van der Waals surface area contributed by atoms with E-state index in [1.165, 1.54) is 24.8 Å². The van der Waals surface area contributed by atoms with E-state index in [0.717, 1.165) is 24.2 Å². The molecule has 1 fully saturated rings. The molecule has 2 aromatic rings. The second-order valence-corrected chi connectivity index (χ2v) is 5.79. The molecule has 0 unspecified atom stereocenters. The van der Waals surface area contributed by atoms with Crippen LogP contribution in [0, 0.1) is 0 Å². The SMILES string of the molecule is O=C(NCN1CCCCC1)c1ccc(-c2ccccc2)cc1. The highest BCUT2D eigenvalue weighted by Crippen LogP contribution is 2.19. The van der Waals surface area contributed by atoms with Gasteiger partial charge in [0.2, 0.25) is 0 Å². The first-order chi connectivity index (χ1) is 10.8. The molecule has 1 heterocycles. The van der Waals surface area contributed by atoms with E-state index in [4.69, 9.17) is 0 Å². The minimum atomic E-state index is 0.00480. The highest BCUT2D eigenvalue weighted by atomic mass is 16.1. The third-order valence-electron chi connectivity index (χ3n) is 4.17. The lowest BCUT2D eigenvalue weighted by Crippen LogP contribution is -2.40. The number of carbonyl (C=O) groups is 1. The second kappa shape index (κ2) is 7.23. The van der Waals surface area contributed by atoms with Gasteiger partial charge in [-0.2, -0.15) is 0 Å². The normalized spacial score (nSPS) is 15.5. The van der Waals surface area contributed by atoms with Crippen molar-refractivity contribution in [2.75, 3.05) is 19.8 Å². The number of hydrogen-bond donors (Lipinski definition) is 1. The molecule has 114 valence electrons. The molecule has 2 aromatic carbocycles. The summed E-state index contributed by atoms with van der Waals surface area (Å²) < 4.78 is 0. The molecule has 0 aliphatic carbocycles. The van der Waals surface area contributed by atoms with E-state index in [1.807, 2.05) is 42.5 Å². The fourth-order valence-corrected chi connectivity index (χ4v) is 2.85. The molecule has 1 N–H and O–H groups in total. The average Bonchev–Trinajstić information content (AvgIpc) is 2.61. The van der Waals surface area contributed by atoms with E-state index in [9.17, 15) is 4.79 Å². The Labute approximate surface area is 132 Å². The summed E-state index contributed by atoms with van der Waals surface area (Å²) in [5, 5.41) is 3.01. The summed E-state index contributed by atoms with van der Waals surface area (Å²) >= 11 is 0. The first-order valence-electron chi connectivity index (χ1n) is 7.99. The summed E-state index contributed by atoms with van der Waals surface area (Å²) in [4.78, 5) is 14.5. The van der Waals surface area contributed by atoms with E-state index in [2.05, 4.69) is 22.3 Å². The lowest BCUT2D eigenvalue weighted by Gasteiger charge is -2.26. The number of rotatable bonds is 4. The molecule has 3 heteroatoms. The Balaban J connectivity index is 1.59. The highest BCUT2D eigenvalue weighted by molar-refractivity contribution is 5.94. The maximum absolute atomic E-state index is 12.2. The van der Waals surface area contributed by atoms with Crippen LogP contribution in [0.3, 0.4) is 0 Å². The van der Waals surface area contributed by atoms with Crippen molar-refractivity contribution < 1.29 is 4.79 Å². The van der Waals surface area contributed by atoms with Gasteiger partial charge >= 0.3 is 0 Å². The van der Waals surface area contributed by atoms with Gasteiger partial charge in [-0.25, -0.2) is 0 Å². The molecular weight excluding hydrogens is 272 g/mol. The van der Waals surface area contributed by atoms with Gasteiger partial charge in [0, 0.05) is 5.56 Å². The van der Waals surface area contributed by atoms with E-state index >= 15 is 0 Å². The van der Waals surface area contributed by atoms with Gasteiger partial charge in [-0.05, 0) is 49.2 Å². The lowest BCUT2D eigenvalue weighted by atomic mass is 10.0. The predicted octanol–water partition coefficient (Wildman–Crippen LogP) is 3.53. The summed E-state index contributed by atoms with van der Waals surface area (Å²) in [5.41, 5.74) is 3.02. The van der Waals surface area contributed by atoms with Crippen molar-refractivity contribution >= 4 is 5.91 Å². The Morgan fingerprint density at radius 1 is 0.864 bits per heavy atom. The molecule has 0 bridgehead atoms. The van der Waals surface area contributed by atoms with Gasteiger partial charge < -0.3 is 5.32 Å². The zero-order valence-electron chi connectivity index (χ0n) is 12.8. The van der Waals surface area contributed by atoms with Gasteiger partial charge in [-0.15, -0.1) is 0 Å². The maximum atomic E-state index is 12.2. The van der Waals surface area contributed by atoms with Gasteiger partial charge in [0.05, 0.1) is 6.67 Å². The molecule has 1 saturated heterocycles. The largest absolute Gasteiger partial charge is 0.339 e. The van der Waals surface area contributed by atoms with Crippen molar-refractivity contribution in [3.8, 4) is 11.1 Å². The zero-order chi connectivity index (χ0) is 15.2. The summed E-state index contributed by atoms with van der Waals surface area (Å²) in [6.07, 6.45) is 3.79. The number of benzene rings is 2. The molecule has 1 aliphatic heterocycles. The Morgan fingerprint density at radius 2 is 1.50 bits per heavy atom. The molecule has 0 radical (unpaired) electrons. The van der Waals surface area contributed by atoms with Crippen molar-refractivity contribution in [3.05, 3.63) is 60.2 Å². The van der Waals surface area contributed by atoms with Crippen LogP contribution in [0.2, 0.25) is 0 Å². The Kier molecular flexibility index (Phi) is 4.86. The fraction of sp³-hybridized carbons (Fsp3) is 0.316. The van der Waals surface area contributed by atoms with Gasteiger partial charge in [-0.1, -0.05) is 48.9 Å². The zero-order valence-corrected chi connectivity index (χ0v) is 12.8. The fourth-order valence-electron chi connectivity index (χ4n) is 2.85. The highest BCUT2D eigenvalue weighted by Gasteiger charge is 2.11. The average molecular weight is 294 g/mol. The van der Waals surface area contributed by atoms with E-state index in [-0.39, 0.29) is 5.91 Å². The summed E-state index contributed by atoms with van der Waals surface area (Å²) in [5.74, 6) is 0.00480. The van der Waals surface area contributed by atoms with Crippen molar-refractivity contribution in [2.24, 2.45) is 0 Å². The lowest BCUT2D eigenvalue weighted by molar-refractivity contribution is 0.0914. The molecule has 1 aliphatic rings. The molecule has 3 rings (SSSR count). The standard InChI is InChI=1S/C19H22N2O/c22-19(20-15-21-13-5-2-6-14-21)18-11-9-17(10-12-18)16-7-3-1-4-8-16/h1,3-4,7-12H,2,5-6,13-15H2,(H,20,22). The molecular formula is C19H22N2O. The smallest absolute Gasteiger partial charge is 0.252 e. The predicted molar refractivity (Wildman–Crippen MR) is 89.6 cm³/mol. The number of amides is 1. The molecule has 0 spiro atoms. The minimum absolute atomic E-state index is 0.00480. The molecule has 0 aromatic heterocycles. The number of hydrogen-bond acceptors (Lipinski definition) is 2. The van der Waals surface area contributed by atoms with E-state index in [1.54, 1.807) is 0 Å². The Bertz CT molecular complexity index is 601. The molecule has 3 nitrogen and oxygen atoms in total. The number of nitrogens with one attached hydrogen (secondary N) is 1. The van der Waals surface area contributed by atoms with Crippen molar-refractivity contribution in [1.82, 2.24) is 10.2 Å². The van der Waals surface area contributed by atoms with Crippen LogP contribution in [0.15, 0.2) is 54.6 Å². The van der Waals surface area contributed by atoms with Crippen LogP contribution in [0.5, 0.6) is 0 Å². The van der Waals surface area contributed by atoms with Crippen LogP contribution in [0.25, 0.3) is 11.1 Å². The molecule has 22 heavy (non-hydrogen) atoms. The van der Waals surface area contributed by atoms with Crippen LogP contribution < -0.4 is 5.32 Å². The van der Waals surface area contributed by atoms with Crippen LogP contribution >= 0.6 is 0 Å². The van der Waals surface area contributed by atoms with Crippen molar-refractivity contribution in [1.29, 1.82) is 0 Å². The van der Waals surface area contributed by atoms with E-state index in [0.29, 0.717) is 6.67 Å². The number of carbonyl (C=O) groups excluding carboxylic acids is 1. The minimum Gasteiger partial charge on any atom is -0.339 e. The molecule has 1 amide bonds. The van der Waals surface area contributed by atoms with Crippen LogP contribution in [-0.2, 0) is 0 Å². The quantitative estimate of drug-likeness (QED) is 0.935. The van der Waals surface area contributed by atoms with Gasteiger partial charge in [0.15, 0.2) is 0 Å². The summed E-state index contributed by atoms with van der Waals surface area (Å²) in [6, 6.07) is 18.0. The second-order valence-electron chi connectivity index (χ2n) is 5.79. The van der Waals surface area contributed by atoms with Gasteiger partial charge in [-0.3, -0.25) is 9.69 Å². The Morgan fingerprint density at radius 3 is 2.18 bits per heavy atom. The first kappa shape index (κ1) is 14.8. The van der Waals surface area contributed by atoms with Crippen LogP contribution in [0.1, 0.15) is 29.6 Å². The third kappa shape index (κ3) is 3.74. The number of piperidine rings is 1. The first-order valence-corrected chi connectivity index (χ1v) is 7.99. The number of likely N-dealkylation sites (tertiary alicyclic amines) is 1. The third-order valence-corrected chi connectivity index (χ3v) is 4.17. The maximum Gasteiger partial charge on any atom is 0.252 e. The number of nitrogens with zero attached hydrogens (tertiary/aromatic N) is 1. The van der Waals surface area contributed by atoms with Crippen molar-refractivity contribution in [3.63, 3.8) is 0 Å². The Hall–Kier alpha value is -2.13. The van der Waals surface area contributed by atoms with Gasteiger partial charge in [0.25, 0.3) is 5.91 Å².